The van der Waals surface area contributed by atoms with Gasteiger partial charge in [0.1, 0.15) is 6.61 Å². The van der Waals surface area contributed by atoms with Crippen LogP contribution in [0.15, 0.2) is 36.4 Å². The summed E-state index contributed by atoms with van der Waals surface area (Å²) in [6, 6.07) is 6.61. The summed E-state index contributed by atoms with van der Waals surface area (Å²) in [4.78, 5) is 48.7. The van der Waals surface area contributed by atoms with E-state index < -0.39 is 35.7 Å². The van der Waals surface area contributed by atoms with E-state index in [4.69, 9.17) is 16.3 Å². The van der Waals surface area contributed by atoms with Gasteiger partial charge in [0, 0.05) is 17.0 Å². The number of benzene rings is 1. The number of halogens is 1. The molecule has 0 spiro atoms. The molecule has 1 rings (SSSR count). The predicted octanol–water partition coefficient (Wildman–Crippen LogP) is 1.83. The molecule has 8 nitrogen and oxygen atoms in total. The molecule has 9 heteroatoms. The molecule has 1 aromatic rings. The fourth-order valence-corrected chi connectivity index (χ4v) is 2.47. The van der Waals surface area contributed by atoms with Gasteiger partial charge in [-0.25, -0.2) is 4.79 Å². The first-order chi connectivity index (χ1) is 12.7. The Kier molecular flexibility index (Phi) is 7.99. The Balaban J connectivity index is 3.00. The Hall–Kier alpha value is -2.87. The van der Waals surface area contributed by atoms with Crippen molar-refractivity contribution in [3.05, 3.63) is 47.0 Å². The molecule has 0 bridgehead atoms. The summed E-state index contributed by atoms with van der Waals surface area (Å²) in [5.41, 5.74) is -2.23. The Morgan fingerprint density at radius 2 is 1.52 bits per heavy atom. The summed E-state index contributed by atoms with van der Waals surface area (Å²) < 4.78 is 18.7. The SMILES string of the molecule is C=C(CC(C(=O)OC)(C(=O)OC)C(=O)OC)C(=O)OCc1cccc(Cl)c1. The van der Waals surface area contributed by atoms with Gasteiger partial charge in [-0.05, 0) is 17.7 Å². The minimum Gasteiger partial charge on any atom is -0.468 e. The monoisotopic (exact) mass is 398 g/mol. The van der Waals surface area contributed by atoms with Crippen LogP contribution in [0.5, 0.6) is 0 Å². The van der Waals surface area contributed by atoms with Gasteiger partial charge in [0.15, 0.2) is 0 Å². The Morgan fingerprint density at radius 1 is 1.00 bits per heavy atom. The van der Waals surface area contributed by atoms with Gasteiger partial charge in [0.2, 0.25) is 0 Å². The summed E-state index contributed by atoms with van der Waals surface area (Å²) >= 11 is 5.85. The fraction of sp³-hybridized carbons (Fsp3) is 0.333. The minimum atomic E-state index is -2.52. The van der Waals surface area contributed by atoms with Crippen LogP contribution < -0.4 is 0 Å². The fourth-order valence-electron chi connectivity index (χ4n) is 2.26. The summed E-state index contributed by atoms with van der Waals surface area (Å²) in [5.74, 6) is -4.66. The predicted molar refractivity (Wildman–Crippen MR) is 93.5 cm³/mol. The molecular formula is C18H19ClO8. The van der Waals surface area contributed by atoms with Gasteiger partial charge in [0.05, 0.1) is 21.3 Å². The summed E-state index contributed by atoms with van der Waals surface area (Å²) in [7, 11) is 2.93. The lowest BCUT2D eigenvalue weighted by atomic mass is 9.81. The molecule has 0 N–H and O–H groups in total. The van der Waals surface area contributed by atoms with E-state index in [0.29, 0.717) is 10.6 Å². The third-order valence-corrected chi connectivity index (χ3v) is 3.86. The van der Waals surface area contributed by atoms with Crippen molar-refractivity contribution in [1.29, 1.82) is 0 Å². The van der Waals surface area contributed by atoms with Crippen molar-refractivity contribution in [3.8, 4) is 0 Å². The maximum atomic E-state index is 12.2. The molecule has 0 aliphatic rings. The van der Waals surface area contributed by atoms with Gasteiger partial charge >= 0.3 is 23.9 Å². The Morgan fingerprint density at radius 3 is 1.96 bits per heavy atom. The second-order valence-corrected chi connectivity index (χ2v) is 5.80. The number of carbonyl (C=O) groups excluding carboxylic acids is 4. The normalized spacial score (nSPS) is 10.5. The van der Waals surface area contributed by atoms with Crippen LogP contribution in [0.25, 0.3) is 0 Å². The zero-order valence-corrected chi connectivity index (χ0v) is 15.8. The molecule has 0 saturated heterocycles. The average molecular weight is 399 g/mol. The maximum absolute atomic E-state index is 12.2. The molecule has 0 aliphatic carbocycles. The largest absolute Gasteiger partial charge is 0.468 e. The summed E-state index contributed by atoms with van der Waals surface area (Å²) in [6.07, 6.45) is -0.729. The van der Waals surface area contributed by atoms with Crippen molar-refractivity contribution >= 4 is 35.5 Å². The Bertz CT molecular complexity index is 715. The van der Waals surface area contributed by atoms with Crippen LogP contribution >= 0.6 is 11.6 Å². The zero-order valence-electron chi connectivity index (χ0n) is 15.1. The lowest BCUT2D eigenvalue weighted by molar-refractivity contribution is -0.180. The zero-order chi connectivity index (χ0) is 20.6. The smallest absolute Gasteiger partial charge is 0.335 e. The second-order valence-electron chi connectivity index (χ2n) is 5.37. The van der Waals surface area contributed by atoms with Crippen LogP contribution in [-0.4, -0.2) is 45.2 Å². The highest BCUT2D eigenvalue weighted by Crippen LogP contribution is 2.31. The van der Waals surface area contributed by atoms with E-state index in [1.165, 1.54) is 0 Å². The molecular weight excluding hydrogens is 380 g/mol. The highest BCUT2D eigenvalue weighted by molar-refractivity contribution is 6.30. The minimum absolute atomic E-state index is 0.125. The van der Waals surface area contributed by atoms with Crippen molar-refractivity contribution in [3.63, 3.8) is 0 Å². The van der Waals surface area contributed by atoms with Gasteiger partial charge in [-0.1, -0.05) is 30.3 Å². The third kappa shape index (κ3) is 5.07. The molecule has 27 heavy (non-hydrogen) atoms. The van der Waals surface area contributed by atoms with Crippen molar-refractivity contribution in [2.45, 2.75) is 13.0 Å². The van der Waals surface area contributed by atoms with E-state index in [1.54, 1.807) is 24.3 Å². The van der Waals surface area contributed by atoms with Gasteiger partial charge in [-0.2, -0.15) is 0 Å². The van der Waals surface area contributed by atoms with E-state index in [0.717, 1.165) is 21.3 Å². The van der Waals surface area contributed by atoms with E-state index >= 15 is 0 Å². The molecule has 146 valence electrons. The number of rotatable bonds is 8. The van der Waals surface area contributed by atoms with Gasteiger partial charge in [-0.3, -0.25) is 14.4 Å². The molecule has 1 aromatic carbocycles. The van der Waals surface area contributed by atoms with Crippen LogP contribution in [-0.2, 0) is 44.7 Å². The van der Waals surface area contributed by atoms with Gasteiger partial charge in [-0.15, -0.1) is 0 Å². The Labute approximate surface area is 161 Å². The molecule has 0 saturated carbocycles. The molecule has 0 amide bonds. The molecule has 0 unspecified atom stereocenters. The van der Waals surface area contributed by atoms with Crippen LogP contribution in [0.1, 0.15) is 12.0 Å². The van der Waals surface area contributed by atoms with Crippen LogP contribution in [0.3, 0.4) is 0 Å². The van der Waals surface area contributed by atoms with E-state index in [2.05, 4.69) is 20.8 Å². The van der Waals surface area contributed by atoms with Crippen LogP contribution in [0.4, 0.5) is 0 Å². The van der Waals surface area contributed by atoms with Crippen molar-refractivity contribution in [1.82, 2.24) is 0 Å². The lowest BCUT2D eigenvalue weighted by Crippen LogP contribution is -2.49. The van der Waals surface area contributed by atoms with Crippen LogP contribution in [0, 0.1) is 5.41 Å². The van der Waals surface area contributed by atoms with Crippen molar-refractivity contribution in [2.24, 2.45) is 5.41 Å². The maximum Gasteiger partial charge on any atom is 0.335 e. The first kappa shape index (κ1) is 22.2. The number of methoxy groups -OCH3 is 3. The third-order valence-electron chi connectivity index (χ3n) is 3.63. The van der Waals surface area contributed by atoms with Crippen molar-refractivity contribution < 1.29 is 38.1 Å². The number of carbonyl (C=O) groups is 4. The highest BCUT2D eigenvalue weighted by atomic mass is 35.5. The molecule has 0 aromatic heterocycles. The van der Waals surface area contributed by atoms with Crippen molar-refractivity contribution in [2.75, 3.05) is 21.3 Å². The van der Waals surface area contributed by atoms with E-state index in [1.807, 2.05) is 0 Å². The first-order valence-electron chi connectivity index (χ1n) is 7.57. The molecule has 0 fully saturated rings. The van der Waals surface area contributed by atoms with E-state index in [-0.39, 0.29) is 12.2 Å². The van der Waals surface area contributed by atoms with Crippen LogP contribution in [0.2, 0.25) is 5.02 Å². The number of hydrogen-bond donors (Lipinski definition) is 0. The quantitative estimate of drug-likeness (QED) is 0.282. The van der Waals surface area contributed by atoms with Gasteiger partial charge < -0.3 is 18.9 Å². The first-order valence-corrected chi connectivity index (χ1v) is 7.95. The summed E-state index contributed by atoms with van der Waals surface area (Å²) in [5, 5.41) is 0.462. The van der Waals surface area contributed by atoms with Gasteiger partial charge in [0.25, 0.3) is 5.41 Å². The standard InChI is InChI=1S/C18H19ClO8/c1-11(14(20)27-10-12-6-5-7-13(19)8-12)9-18(15(21)24-2,16(22)25-3)17(23)26-4/h5-8H,1,9-10H2,2-4H3. The summed E-state index contributed by atoms with van der Waals surface area (Å²) in [6.45, 7) is 3.37. The van der Waals surface area contributed by atoms with E-state index in [9.17, 15) is 19.2 Å². The molecule has 0 aliphatic heterocycles. The lowest BCUT2D eigenvalue weighted by Gasteiger charge is -2.25. The second kappa shape index (κ2) is 9.72. The topological polar surface area (TPSA) is 105 Å². The molecule has 0 heterocycles. The highest BCUT2D eigenvalue weighted by Gasteiger charge is 2.57. The molecule has 0 radical (unpaired) electrons. The number of esters is 4. The number of hydrogen-bond acceptors (Lipinski definition) is 8. The number of ether oxygens (including phenoxy) is 4. The average Bonchev–Trinajstić information content (AvgIpc) is 2.68. The molecule has 0 atom stereocenters.